The number of benzene rings is 2. The Bertz CT molecular complexity index is 757. The molecule has 2 aromatic carbocycles. The molecule has 1 aromatic heterocycles. The van der Waals surface area contributed by atoms with Crippen LogP contribution in [0.3, 0.4) is 0 Å². The molecule has 1 nitrogen and oxygen atoms in total. The first-order valence-electron chi connectivity index (χ1n) is 6.58. The molecule has 0 bridgehead atoms. The van der Waals surface area contributed by atoms with Gasteiger partial charge in [0.05, 0.1) is 5.52 Å². The number of aromatic nitrogens is 1. The maximum absolute atomic E-state index is 4.53. The zero-order chi connectivity index (χ0) is 13.4. The lowest BCUT2D eigenvalue weighted by atomic mass is 9.97. The van der Waals surface area contributed by atoms with Crippen LogP contribution in [0.2, 0.25) is 0 Å². The van der Waals surface area contributed by atoms with Gasteiger partial charge in [0.1, 0.15) is 0 Å². The monoisotopic (exact) mass is 247 g/mol. The highest BCUT2D eigenvalue weighted by molar-refractivity contribution is 5.96. The summed E-state index contributed by atoms with van der Waals surface area (Å²) in [6.45, 7) is 6.39. The Morgan fingerprint density at radius 3 is 2.47 bits per heavy atom. The van der Waals surface area contributed by atoms with Crippen molar-refractivity contribution < 1.29 is 0 Å². The minimum atomic E-state index is 1.10. The number of fused-ring (bicyclic) bond motifs is 1. The minimum Gasteiger partial charge on any atom is -0.256 e. The second-order valence-corrected chi connectivity index (χ2v) is 5.21. The molecule has 0 fully saturated rings. The molecule has 94 valence electrons. The van der Waals surface area contributed by atoms with Gasteiger partial charge in [-0.15, -0.1) is 0 Å². The van der Waals surface area contributed by atoms with Gasteiger partial charge >= 0.3 is 0 Å². The third-order valence-corrected chi connectivity index (χ3v) is 3.51. The zero-order valence-corrected chi connectivity index (χ0v) is 11.6. The highest BCUT2D eigenvalue weighted by Gasteiger charge is 2.07. The highest BCUT2D eigenvalue weighted by Crippen LogP contribution is 2.30. The number of aryl methyl sites for hydroxylation is 3. The van der Waals surface area contributed by atoms with Gasteiger partial charge in [0.15, 0.2) is 0 Å². The highest BCUT2D eigenvalue weighted by atomic mass is 14.7. The first kappa shape index (κ1) is 11.9. The molecule has 0 saturated heterocycles. The van der Waals surface area contributed by atoms with Crippen LogP contribution in [0.1, 0.15) is 16.7 Å². The number of hydrogen-bond donors (Lipinski definition) is 0. The number of nitrogens with zero attached hydrogens (tertiary/aromatic N) is 1. The van der Waals surface area contributed by atoms with Crippen molar-refractivity contribution >= 4 is 10.9 Å². The van der Waals surface area contributed by atoms with E-state index in [1.807, 2.05) is 6.20 Å². The fourth-order valence-electron chi connectivity index (χ4n) is 2.68. The summed E-state index contributed by atoms with van der Waals surface area (Å²) in [7, 11) is 0. The van der Waals surface area contributed by atoms with Crippen LogP contribution in [0.15, 0.2) is 48.7 Å². The van der Waals surface area contributed by atoms with E-state index in [0.717, 1.165) is 5.52 Å². The molecule has 3 rings (SSSR count). The minimum absolute atomic E-state index is 1.10. The summed E-state index contributed by atoms with van der Waals surface area (Å²) in [4.78, 5) is 4.53. The van der Waals surface area contributed by atoms with Gasteiger partial charge in [-0.1, -0.05) is 41.5 Å². The van der Waals surface area contributed by atoms with Crippen molar-refractivity contribution in [2.75, 3.05) is 0 Å². The van der Waals surface area contributed by atoms with Crippen LogP contribution in [-0.2, 0) is 0 Å². The van der Waals surface area contributed by atoms with E-state index in [9.17, 15) is 0 Å². The van der Waals surface area contributed by atoms with Crippen LogP contribution in [0.5, 0.6) is 0 Å². The lowest BCUT2D eigenvalue weighted by molar-refractivity contribution is 1.34. The van der Waals surface area contributed by atoms with E-state index in [2.05, 4.69) is 68.2 Å². The van der Waals surface area contributed by atoms with E-state index < -0.39 is 0 Å². The third kappa shape index (κ3) is 2.12. The molecule has 0 spiro atoms. The number of hydrogen-bond acceptors (Lipinski definition) is 1. The predicted molar refractivity (Wildman–Crippen MR) is 81.4 cm³/mol. The van der Waals surface area contributed by atoms with E-state index in [1.165, 1.54) is 33.2 Å². The van der Waals surface area contributed by atoms with Crippen molar-refractivity contribution in [1.29, 1.82) is 0 Å². The summed E-state index contributed by atoms with van der Waals surface area (Å²) in [5.74, 6) is 0. The Morgan fingerprint density at radius 2 is 1.68 bits per heavy atom. The van der Waals surface area contributed by atoms with Crippen molar-refractivity contribution in [2.45, 2.75) is 20.8 Å². The zero-order valence-electron chi connectivity index (χ0n) is 11.6. The molecule has 1 heterocycles. The Balaban J connectivity index is 2.36. The summed E-state index contributed by atoms with van der Waals surface area (Å²) in [5, 5.41) is 1.24. The van der Waals surface area contributed by atoms with Crippen LogP contribution < -0.4 is 0 Å². The van der Waals surface area contributed by atoms with E-state index in [0.29, 0.717) is 0 Å². The fraction of sp³-hybridized carbons (Fsp3) is 0.167. The van der Waals surface area contributed by atoms with Gasteiger partial charge in [0.25, 0.3) is 0 Å². The molecule has 0 N–H and O–H groups in total. The quantitative estimate of drug-likeness (QED) is 0.600. The van der Waals surface area contributed by atoms with Crippen LogP contribution >= 0.6 is 0 Å². The molecule has 1 heteroatoms. The molecule has 0 radical (unpaired) electrons. The van der Waals surface area contributed by atoms with Gasteiger partial charge in [-0.05, 0) is 49.6 Å². The predicted octanol–water partition coefficient (Wildman–Crippen LogP) is 4.83. The molecular weight excluding hydrogens is 230 g/mol. The first-order valence-corrected chi connectivity index (χ1v) is 6.58. The molecule has 0 saturated carbocycles. The maximum atomic E-state index is 4.53. The SMILES string of the molecule is Cc1cccc(-c2ccnc3c(C)cc(C)cc23)c1. The fourth-order valence-corrected chi connectivity index (χ4v) is 2.68. The third-order valence-electron chi connectivity index (χ3n) is 3.51. The summed E-state index contributed by atoms with van der Waals surface area (Å²) < 4.78 is 0. The summed E-state index contributed by atoms with van der Waals surface area (Å²) in [5.41, 5.74) is 7.44. The van der Waals surface area contributed by atoms with Gasteiger partial charge in [-0.2, -0.15) is 0 Å². The van der Waals surface area contributed by atoms with E-state index >= 15 is 0 Å². The second-order valence-electron chi connectivity index (χ2n) is 5.21. The van der Waals surface area contributed by atoms with Crippen molar-refractivity contribution in [2.24, 2.45) is 0 Å². The topological polar surface area (TPSA) is 12.9 Å². The standard InChI is InChI=1S/C18H17N/c1-12-5-4-6-15(10-12)16-7-8-19-18-14(3)9-13(2)11-17(16)18/h4-11H,1-3H3. The van der Waals surface area contributed by atoms with E-state index in [1.54, 1.807) is 0 Å². The number of rotatable bonds is 1. The molecule has 19 heavy (non-hydrogen) atoms. The molecular formula is C18H17N. The van der Waals surface area contributed by atoms with Crippen molar-refractivity contribution in [1.82, 2.24) is 4.98 Å². The molecule has 0 aliphatic heterocycles. The summed E-state index contributed by atoms with van der Waals surface area (Å²) in [6, 6.07) is 15.2. The molecule has 0 atom stereocenters. The van der Waals surface area contributed by atoms with Gasteiger partial charge < -0.3 is 0 Å². The van der Waals surface area contributed by atoms with E-state index in [-0.39, 0.29) is 0 Å². The van der Waals surface area contributed by atoms with Gasteiger partial charge in [-0.25, -0.2) is 0 Å². The first-order chi connectivity index (χ1) is 9.15. The Morgan fingerprint density at radius 1 is 0.842 bits per heavy atom. The summed E-state index contributed by atoms with van der Waals surface area (Å²) >= 11 is 0. The van der Waals surface area contributed by atoms with Gasteiger partial charge in [-0.3, -0.25) is 4.98 Å². The van der Waals surface area contributed by atoms with Crippen molar-refractivity contribution in [3.63, 3.8) is 0 Å². The average molecular weight is 247 g/mol. The normalized spacial score (nSPS) is 10.9. The van der Waals surface area contributed by atoms with E-state index in [4.69, 9.17) is 0 Å². The van der Waals surface area contributed by atoms with Crippen LogP contribution in [0, 0.1) is 20.8 Å². The largest absolute Gasteiger partial charge is 0.256 e. The Hall–Kier alpha value is -2.15. The van der Waals surface area contributed by atoms with Crippen LogP contribution in [-0.4, -0.2) is 4.98 Å². The lowest BCUT2D eigenvalue weighted by Gasteiger charge is -2.10. The molecule has 3 aromatic rings. The van der Waals surface area contributed by atoms with Crippen molar-refractivity contribution in [3.05, 3.63) is 65.4 Å². The number of pyridine rings is 1. The maximum Gasteiger partial charge on any atom is 0.0737 e. The van der Waals surface area contributed by atoms with Crippen LogP contribution in [0.25, 0.3) is 22.0 Å². The molecule has 0 aliphatic carbocycles. The average Bonchev–Trinajstić information content (AvgIpc) is 2.38. The lowest BCUT2D eigenvalue weighted by Crippen LogP contribution is -1.89. The Kier molecular flexibility index (Phi) is 2.83. The second kappa shape index (κ2) is 4.51. The summed E-state index contributed by atoms with van der Waals surface area (Å²) in [6.07, 6.45) is 1.91. The molecule has 0 aliphatic rings. The molecule has 0 unspecified atom stereocenters. The molecule has 0 amide bonds. The van der Waals surface area contributed by atoms with Gasteiger partial charge in [0.2, 0.25) is 0 Å². The van der Waals surface area contributed by atoms with Crippen molar-refractivity contribution in [3.8, 4) is 11.1 Å². The van der Waals surface area contributed by atoms with Crippen LogP contribution in [0.4, 0.5) is 0 Å². The Labute approximate surface area is 113 Å². The smallest absolute Gasteiger partial charge is 0.0737 e. The van der Waals surface area contributed by atoms with Gasteiger partial charge in [0, 0.05) is 11.6 Å².